The molecule has 1 aromatic heterocycles. The van der Waals surface area contributed by atoms with Gasteiger partial charge in [-0.15, -0.1) is 0 Å². The van der Waals surface area contributed by atoms with Crippen molar-refractivity contribution >= 4 is 0 Å². The first-order chi connectivity index (χ1) is 9.40. The van der Waals surface area contributed by atoms with Gasteiger partial charge in [-0.05, 0) is 17.7 Å². The second-order valence-electron chi connectivity index (χ2n) is 4.54. The Morgan fingerprint density at radius 2 is 2.05 bits per heavy atom. The number of nitrogens with one attached hydrogen (secondary N) is 1. The van der Waals surface area contributed by atoms with Gasteiger partial charge in [0.2, 0.25) is 0 Å². The molecule has 0 bridgehead atoms. The Kier molecular flexibility index (Phi) is 3.44. The molecule has 19 heavy (non-hydrogen) atoms. The highest BCUT2D eigenvalue weighted by Gasteiger charge is 2.24. The number of fused-ring (bicyclic) bond motifs is 2. The third kappa shape index (κ3) is 2.32. The topological polar surface area (TPSA) is 60.2 Å². The molecule has 2 heterocycles. The van der Waals surface area contributed by atoms with Crippen LogP contribution in [0.4, 0.5) is 0 Å². The molecule has 1 aromatic carbocycles. The Morgan fingerprint density at radius 3 is 2.95 bits per heavy atom. The van der Waals surface area contributed by atoms with Crippen LogP contribution in [0.2, 0.25) is 0 Å². The number of hydrogen-bond donors (Lipinski definition) is 2. The minimum atomic E-state index is 0.0888. The highest BCUT2D eigenvalue weighted by atomic mass is 16.5. The molecule has 0 aliphatic carbocycles. The molecule has 0 radical (unpaired) electrons. The van der Waals surface area contributed by atoms with Gasteiger partial charge in [0.1, 0.15) is 12.4 Å². The lowest BCUT2D eigenvalue weighted by molar-refractivity contribution is 0.302. The highest BCUT2D eigenvalue weighted by Crippen LogP contribution is 2.34. The van der Waals surface area contributed by atoms with Crippen LogP contribution < -0.4 is 15.8 Å². The first-order valence-electron chi connectivity index (χ1n) is 6.49. The van der Waals surface area contributed by atoms with Gasteiger partial charge in [-0.1, -0.05) is 24.3 Å². The van der Waals surface area contributed by atoms with Crippen LogP contribution >= 0.6 is 0 Å². The molecule has 0 saturated heterocycles. The predicted molar refractivity (Wildman–Crippen MR) is 73.9 cm³/mol. The Hall–Kier alpha value is -1.91. The van der Waals surface area contributed by atoms with Crippen LogP contribution in [-0.4, -0.2) is 18.1 Å². The van der Waals surface area contributed by atoms with Gasteiger partial charge in [0, 0.05) is 24.8 Å². The first-order valence-corrected chi connectivity index (χ1v) is 6.49. The molecule has 3 N–H and O–H groups in total. The van der Waals surface area contributed by atoms with Crippen molar-refractivity contribution in [1.82, 2.24) is 10.3 Å². The number of pyridine rings is 1. The number of para-hydroxylation sites is 1. The van der Waals surface area contributed by atoms with Gasteiger partial charge in [0.15, 0.2) is 0 Å². The Balaban J connectivity index is 2.08. The molecule has 0 spiro atoms. The number of rotatable bonds is 3. The maximum Gasteiger partial charge on any atom is 0.131 e. The van der Waals surface area contributed by atoms with Crippen molar-refractivity contribution < 1.29 is 4.74 Å². The van der Waals surface area contributed by atoms with E-state index in [1.54, 1.807) is 6.20 Å². The zero-order valence-corrected chi connectivity index (χ0v) is 10.7. The van der Waals surface area contributed by atoms with Crippen molar-refractivity contribution in [2.75, 3.05) is 13.1 Å². The van der Waals surface area contributed by atoms with Crippen molar-refractivity contribution in [3.63, 3.8) is 0 Å². The summed E-state index contributed by atoms with van der Waals surface area (Å²) in [6, 6.07) is 12.3. The standard InChI is InChI=1S/C15H17N3O/c16-7-9-18-15-11-5-3-8-17-13(11)10-19-14-6-2-1-4-12(14)15/h1-6,8,15,18H,7,9-10,16H2/t15-/m0/s1. The van der Waals surface area contributed by atoms with Crippen LogP contribution in [0.5, 0.6) is 5.75 Å². The maximum absolute atomic E-state index is 5.85. The summed E-state index contributed by atoms with van der Waals surface area (Å²) in [6.07, 6.45) is 1.80. The lowest BCUT2D eigenvalue weighted by Crippen LogP contribution is -2.28. The molecule has 3 rings (SSSR count). The molecule has 1 aliphatic rings. The van der Waals surface area contributed by atoms with E-state index in [2.05, 4.69) is 22.4 Å². The first kappa shape index (κ1) is 12.1. The molecular formula is C15H17N3O. The van der Waals surface area contributed by atoms with E-state index < -0.39 is 0 Å². The van der Waals surface area contributed by atoms with E-state index in [0.717, 1.165) is 23.6 Å². The molecule has 98 valence electrons. The second kappa shape index (κ2) is 5.38. The zero-order chi connectivity index (χ0) is 13.1. The van der Waals surface area contributed by atoms with Crippen molar-refractivity contribution in [2.45, 2.75) is 12.6 Å². The van der Waals surface area contributed by atoms with Gasteiger partial charge < -0.3 is 15.8 Å². The Labute approximate surface area is 112 Å². The van der Waals surface area contributed by atoms with Gasteiger partial charge in [-0.2, -0.15) is 0 Å². The summed E-state index contributed by atoms with van der Waals surface area (Å²) >= 11 is 0. The summed E-state index contributed by atoms with van der Waals surface area (Å²) in [7, 11) is 0. The average Bonchev–Trinajstić information content (AvgIpc) is 2.62. The monoisotopic (exact) mass is 255 g/mol. The average molecular weight is 255 g/mol. The number of nitrogens with zero attached hydrogens (tertiary/aromatic N) is 1. The van der Waals surface area contributed by atoms with Crippen LogP contribution in [0, 0.1) is 0 Å². The smallest absolute Gasteiger partial charge is 0.131 e. The molecule has 0 saturated carbocycles. The van der Waals surface area contributed by atoms with Gasteiger partial charge in [0.25, 0.3) is 0 Å². The predicted octanol–water partition coefficient (Wildman–Crippen LogP) is 1.61. The fraction of sp³-hybridized carbons (Fsp3) is 0.267. The van der Waals surface area contributed by atoms with Gasteiger partial charge in [-0.3, -0.25) is 4.98 Å². The highest BCUT2D eigenvalue weighted by molar-refractivity contribution is 5.44. The number of hydrogen-bond acceptors (Lipinski definition) is 4. The molecule has 0 amide bonds. The summed E-state index contributed by atoms with van der Waals surface area (Å²) in [4.78, 5) is 4.42. The van der Waals surface area contributed by atoms with Crippen molar-refractivity contribution in [3.8, 4) is 5.75 Å². The number of ether oxygens (including phenoxy) is 1. The third-order valence-corrected chi connectivity index (χ3v) is 3.32. The summed E-state index contributed by atoms with van der Waals surface area (Å²) in [5.74, 6) is 0.912. The van der Waals surface area contributed by atoms with E-state index in [1.807, 2.05) is 24.3 Å². The molecule has 4 nitrogen and oxygen atoms in total. The lowest BCUT2D eigenvalue weighted by Gasteiger charge is -2.19. The zero-order valence-electron chi connectivity index (χ0n) is 10.7. The number of benzene rings is 1. The minimum Gasteiger partial charge on any atom is -0.487 e. The van der Waals surface area contributed by atoms with E-state index >= 15 is 0 Å². The summed E-state index contributed by atoms with van der Waals surface area (Å²) in [6.45, 7) is 1.87. The summed E-state index contributed by atoms with van der Waals surface area (Å²) in [5, 5.41) is 3.48. The van der Waals surface area contributed by atoms with E-state index in [0.29, 0.717) is 13.2 Å². The van der Waals surface area contributed by atoms with Crippen LogP contribution in [0.15, 0.2) is 42.6 Å². The Bertz CT molecular complexity index is 523. The summed E-state index contributed by atoms with van der Waals surface area (Å²) in [5.41, 5.74) is 8.90. The van der Waals surface area contributed by atoms with Gasteiger partial charge in [0.05, 0.1) is 11.7 Å². The van der Waals surface area contributed by atoms with Crippen LogP contribution in [0.1, 0.15) is 22.9 Å². The molecule has 1 aliphatic heterocycles. The third-order valence-electron chi connectivity index (χ3n) is 3.32. The lowest BCUT2D eigenvalue weighted by atomic mass is 9.97. The number of aromatic nitrogens is 1. The number of nitrogens with two attached hydrogens (primary N) is 1. The van der Waals surface area contributed by atoms with Crippen LogP contribution in [0.3, 0.4) is 0 Å². The van der Waals surface area contributed by atoms with E-state index in [4.69, 9.17) is 10.5 Å². The van der Waals surface area contributed by atoms with Crippen molar-refractivity contribution in [3.05, 3.63) is 59.4 Å². The SMILES string of the molecule is NCCN[C@@H]1c2ccccc2OCc2ncccc21. The molecule has 1 atom stereocenters. The molecular weight excluding hydrogens is 238 g/mol. The minimum absolute atomic E-state index is 0.0888. The largest absolute Gasteiger partial charge is 0.487 e. The van der Waals surface area contributed by atoms with E-state index in [-0.39, 0.29) is 6.04 Å². The van der Waals surface area contributed by atoms with E-state index in [1.165, 1.54) is 5.56 Å². The fourth-order valence-corrected chi connectivity index (χ4v) is 2.45. The second-order valence-corrected chi connectivity index (χ2v) is 4.54. The maximum atomic E-state index is 5.85. The summed E-state index contributed by atoms with van der Waals surface area (Å²) < 4.78 is 5.85. The molecule has 4 heteroatoms. The molecule has 0 fully saturated rings. The van der Waals surface area contributed by atoms with Gasteiger partial charge >= 0.3 is 0 Å². The van der Waals surface area contributed by atoms with Crippen LogP contribution in [0.25, 0.3) is 0 Å². The van der Waals surface area contributed by atoms with E-state index in [9.17, 15) is 0 Å². The molecule has 0 unspecified atom stereocenters. The van der Waals surface area contributed by atoms with Crippen LogP contribution in [-0.2, 0) is 6.61 Å². The van der Waals surface area contributed by atoms with Gasteiger partial charge in [-0.25, -0.2) is 0 Å². The Morgan fingerprint density at radius 1 is 1.21 bits per heavy atom. The quantitative estimate of drug-likeness (QED) is 0.875. The van der Waals surface area contributed by atoms with Crippen molar-refractivity contribution in [1.29, 1.82) is 0 Å². The fourth-order valence-electron chi connectivity index (χ4n) is 2.45. The van der Waals surface area contributed by atoms with Crippen molar-refractivity contribution in [2.24, 2.45) is 5.73 Å². The normalized spacial score (nSPS) is 17.0. The molecule has 2 aromatic rings.